The van der Waals surface area contributed by atoms with E-state index in [1.54, 1.807) is 0 Å². The number of aryl methyl sites for hydroxylation is 1. The molecule has 152 valence electrons. The Kier molecular flexibility index (Phi) is 7.09. The molecule has 0 amide bonds. The lowest BCUT2D eigenvalue weighted by Gasteiger charge is -2.35. The number of benzene rings is 1. The second-order valence-electron chi connectivity index (χ2n) is 7.29. The SMILES string of the molecule is CCC(CC)c1cc(CNC(=NC)N2CCOC(c3ccccc3C)C2)on1. The first-order valence-corrected chi connectivity index (χ1v) is 10.2. The van der Waals surface area contributed by atoms with Crippen molar-refractivity contribution in [3.63, 3.8) is 0 Å². The molecular weight excluding hydrogens is 352 g/mol. The van der Waals surface area contributed by atoms with E-state index in [-0.39, 0.29) is 6.10 Å². The normalized spacial score (nSPS) is 18.0. The maximum atomic E-state index is 6.03. The van der Waals surface area contributed by atoms with Crippen molar-refractivity contribution in [2.75, 3.05) is 26.7 Å². The molecular formula is C22H32N4O2. The number of hydrogen-bond acceptors (Lipinski definition) is 4. The monoisotopic (exact) mass is 384 g/mol. The van der Waals surface area contributed by atoms with Crippen molar-refractivity contribution in [1.82, 2.24) is 15.4 Å². The van der Waals surface area contributed by atoms with Gasteiger partial charge in [0.1, 0.15) is 6.10 Å². The Morgan fingerprint density at radius 1 is 1.32 bits per heavy atom. The van der Waals surface area contributed by atoms with Gasteiger partial charge in [-0.25, -0.2) is 0 Å². The van der Waals surface area contributed by atoms with E-state index in [1.165, 1.54) is 11.1 Å². The van der Waals surface area contributed by atoms with Crippen LogP contribution in [0, 0.1) is 6.92 Å². The van der Waals surface area contributed by atoms with Crippen LogP contribution in [-0.2, 0) is 11.3 Å². The molecule has 1 aliphatic rings. The van der Waals surface area contributed by atoms with Crippen LogP contribution < -0.4 is 5.32 Å². The van der Waals surface area contributed by atoms with Gasteiger partial charge in [-0.2, -0.15) is 0 Å². The minimum Gasteiger partial charge on any atom is -0.370 e. The zero-order valence-corrected chi connectivity index (χ0v) is 17.4. The largest absolute Gasteiger partial charge is 0.370 e. The molecule has 3 rings (SSSR count). The lowest BCUT2D eigenvalue weighted by molar-refractivity contribution is -0.00837. The van der Waals surface area contributed by atoms with E-state index in [4.69, 9.17) is 9.26 Å². The van der Waals surface area contributed by atoms with E-state index in [9.17, 15) is 0 Å². The van der Waals surface area contributed by atoms with Crippen molar-refractivity contribution in [1.29, 1.82) is 0 Å². The molecule has 6 nitrogen and oxygen atoms in total. The lowest BCUT2D eigenvalue weighted by Crippen LogP contribution is -2.48. The van der Waals surface area contributed by atoms with Gasteiger partial charge in [-0.05, 0) is 30.9 Å². The summed E-state index contributed by atoms with van der Waals surface area (Å²) in [6.07, 6.45) is 2.21. The number of ether oxygens (including phenoxy) is 1. The maximum absolute atomic E-state index is 6.03. The van der Waals surface area contributed by atoms with Gasteiger partial charge in [-0.3, -0.25) is 4.99 Å². The molecule has 1 aromatic carbocycles. The van der Waals surface area contributed by atoms with E-state index in [2.05, 4.69) is 71.5 Å². The number of nitrogens with zero attached hydrogens (tertiary/aromatic N) is 3. The fraction of sp³-hybridized carbons (Fsp3) is 0.545. The van der Waals surface area contributed by atoms with E-state index in [0.29, 0.717) is 19.1 Å². The van der Waals surface area contributed by atoms with Gasteiger partial charge in [0.25, 0.3) is 0 Å². The zero-order chi connectivity index (χ0) is 19.9. The molecule has 1 atom stereocenters. The van der Waals surface area contributed by atoms with Crippen molar-refractivity contribution in [2.24, 2.45) is 4.99 Å². The molecule has 0 aliphatic carbocycles. The molecule has 0 radical (unpaired) electrons. The van der Waals surface area contributed by atoms with Crippen LogP contribution in [0.3, 0.4) is 0 Å². The number of rotatable bonds is 6. The predicted molar refractivity (Wildman–Crippen MR) is 111 cm³/mol. The number of morpholine rings is 1. The third kappa shape index (κ3) is 4.73. The first-order chi connectivity index (χ1) is 13.7. The summed E-state index contributed by atoms with van der Waals surface area (Å²) < 4.78 is 11.6. The van der Waals surface area contributed by atoms with Crippen LogP contribution in [0.25, 0.3) is 0 Å². The first kappa shape index (κ1) is 20.4. The third-order valence-electron chi connectivity index (χ3n) is 5.51. The number of aromatic nitrogens is 1. The summed E-state index contributed by atoms with van der Waals surface area (Å²) in [6.45, 7) is 9.36. The molecule has 2 heterocycles. The Labute approximate surface area is 168 Å². The average Bonchev–Trinajstić information content (AvgIpc) is 3.19. The van der Waals surface area contributed by atoms with E-state index >= 15 is 0 Å². The number of guanidine groups is 1. The van der Waals surface area contributed by atoms with Gasteiger partial charge in [0.2, 0.25) is 0 Å². The van der Waals surface area contributed by atoms with Crippen LogP contribution in [0.15, 0.2) is 39.8 Å². The topological polar surface area (TPSA) is 62.9 Å². The second-order valence-corrected chi connectivity index (χ2v) is 7.29. The van der Waals surface area contributed by atoms with Gasteiger partial charge >= 0.3 is 0 Å². The molecule has 1 saturated heterocycles. The standard InChI is InChI=1S/C22H32N4O2/c1-5-17(6-2)20-13-18(28-25-20)14-24-22(23-4)26-11-12-27-21(15-26)19-10-8-7-9-16(19)3/h7-10,13,17,21H,5-6,11-12,14-15H2,1-4H3,(H,23,24). The Bertz CT molecular complexity index is 782. The fourth-order valence-electron chi connectivity index (χ4n) is 3.79. The zero-order valence-electron chi connectivity index (χ0n) is 17.4. The van der Waals surface area contributed by atoms with Gasteiger partial charge in [0.15, 0.2) is 11.7 Å². The highest BCUT2D eigenvalue weighted by molar-refractivity contribution is 5.80. The number of aliphatic imine (C=N–C) groups is 1. The summed E-state index contributed by atoms with van der Waals surface area (Å²) in [6, 6.07) is 10.5. The summed E-state index contributed by atoms with van der Waals surface area (Å²) in [4.78, 5) is 6.71. The molecule has 1 aliphatic heterocycles. The van der Waals surface area contributed by atoms with Crippen LogP contribution in [-0.4, -0.2) is 42.8 Å². The predicted octanol–water partition coefficient (Wildman–Crippen LogP) is 4.04. The quantitative estimate of drug-likeness (QED) is 0.602. The molecule has 0 saturated carbocycles. The van der Waals surface area contributed by atoms with Crippen molar-refractivity contribution < 1.29 is 9.26 Å². The van der Waals surface area contributed by atoms with Crippen LogP contribution in [0.5, 0.6) is 0 Å². The van der Waals surface area contributed by atoms with E-state index < -0.39 is 0 Å². The van der Waals surface area contributed by atoms with Gasteiger partial charge < -0.3 is 19.5 Å². The van der Waals surface area contributed by atoms with E-state index in [0.717, 1.165) is 43.3 Å². The third-order valence-corrected chi connectivity index (χ3v) is 5.51. The molecule has 28 heavy (non-hydrogen) atoms. The molecule has 6 heteroatoms. The lowest BCUT2D eigenvalue weighted by atomic mass is 9.99. The highest BCUT2D eigenvalue weighted by Gasteiger charge is 2.25. The van der Waals surface area contributed by atoms with Gasteiger partial charge in [-0.15, -0.1) is 0 Å². The summed E-state index contributed by atoms with van der Waals surface area (Å²) in [5.41, 5.74) is 3.54. The Morgan fingerprint density at radius 2 is 2.11 bits per heavy atom. The van der Waals surface area contributed by atoms with E-state index in [1.807, 2.05) is 7.05 Å². The second kappa shape index (κ2) is 9.73. The summed E-state index contributed by atoms with van der Waals surface area (Å²) in [7, 11) is 1.82. The Hall–Kier alpha value is -2.34. The highest BCUT2D eigenvalue weighted by Crippen LogP contribution is 2.25. The Balaban J connectivity index is 1.61. The van der Waals surface area contributed by atoms with Crippen molar-refractivity contribution >= 4 is 5.96 Å². The minimum atomic E-state index is 0.0558. The summed E-state index contributed by atoms with van der Waals surface area (Å²) in [5, 5.41) is 7.66. The maximum Gasteiger partial charge on any atom is 0.194 e. The highest BCUT2D eigenvalue weighted by atomic mass is 16.5. The fourth-order valence-corrected chi connectivity index (χ4v) is 3.79. The van der Waals surface area contributed by atoms with Crippen LogP contribution in [0.4, 0.5) is 0 Å². The van der Waals surface area contributed by atoms with Gasteiger partial charge in [0.05, 0.1) is 25.4 Å². The smallest absolute Gasteiger partial charge is 0.194 e. The van der Waals surface area contributed by atoms with Crippen molar-refractivity contribution in [2.45, 2.75) is 52.2 Å². The van der Waals surface area contributed by atoms with Crippen LogP contribution in [0.1, 0.15) is 61.3 Å². The molecule has 0 bridgehead atoms. The molecule has 1 fully saturated rings. The summed E-state index contributed by atoms with van der Waals surface area (Å²) >= 11 is 0. The van der Waals surface area contributed by atoms with Gasteiger partial charge in [0, 0.05) is 25.6 Å². The average molecular weight is 385 g/mol. The molecule has 0 spiro atoms. The molecule has 1 aromatic heterocycles. The number of nitrogens with one attached hydrogen (secondary N) is 1. The van der Waals surface area contributed by atoms with Crippen molar-refractivity contribution in [3.8, 4) is 0 Å². The first-order valence-electron chi connectivity index (χ1n) is 10.2. The summed E-state index contributed by atoms with van der Waals surface area (Å²) in [5.74, 6) is 2.17. The molecule has 2 aromatic rings. The van der Waals surface area contributed by atoms with Crippen LogP contribution >= 0.6 is 0 Å². The number of hydrogen-bond donors (Lipinski definition) is 1. The molecule has 1 N–H and O–H groups in total. The molecule has 1 unspecified atom stereocenters. The van der Waals surface area contributed by atoms with Gasteiger partial charge in [-0.1, -0.05) is 43.3 Å². The van der Waals surface area contributed by atoms with Crippen LogP contribution in [0.2, 0.25) is 0 Å². The van der Waals surface area contributed by atoms with Crippen molar-refractivity contribution in [3.05, 3.63) is 52.9 Å². The minimum absolute atomic E-state index is 0.0558. The Morgan fingerprint density at radius 3 is 2.82 bits per heavy atom.